The van der Waals surface area contributed by atoms with Crippen LogP contribution in [-0.2, 0) is 0 Å². The minimum atomic E-state index is -0.341. The molecule has 0 atom stereocenters. The van der Waals surface area contributed by atoms with Crippen molar-refractivity contribution in [3.63, 3.8) is 0 Å². The van der Waals surface area contributed by atoms with Crippen molar-refractivity contribution >= 4 is 23.3 Å². The number of aromatic nitrogens is 4. The highest BCUT2D eigenvalue weighted by atomic mass is 32.2. The van der Waals surface area contributed by atoms with Crippen LogP contribution in [0.1, 0.15) is 13.8 Å². The van der Waals surface area contributed by atoms with Gasteiger partial charge < -0.3 is 21.2 Å². The summed E-state index contributed by atoms with van der Waals surface area (Å²) in [4.78, 5) is 25.9. The lowest BCUT2D eigenvalue weighted by Gasteiger charge is -2.12. The lowest BCUT2D eigenvalue weighted by Crippen LogP contribution is -2.11. The fourth-order valence-corrected chi connectivity index (χ4v) is 2.14. The van der Waals surface area contributed by atoms with Crippen LogP contribution in [0.3, 0.4) is 0 Å². The average molecular weight is 294 g/mol. The summed E-state index contributed by atoms with van der Waals surface area (Å²) in [5.41, 5.74) is 11.4. The van der Waals surface area contributed by atoms with Crippen LogP contribution < -0.4 is 21.8 Å². The predicted molar refractivity (Wildman–Crippen MR) is 75.6 cm³/mol. The third-order valence-electron chi connectivity index (χ3n) is 2.09. The van der Waals surface area contributed by atoms with Crippen molar-refractivity contribution in [2.24, 2.45) is 0 Å². The summed E-state index contributed by atoms with van der Waals surface area (Å²) in [5, 5.41) is 0.736. The van der Waals surface area contributed by atoms with Crippen LogP contribution in [0.5, 0.6) is 5.88 Å². The summed E-state index contributed by atoms with van der Waals surface area (Å²) in [6.45, 7) is 3.73. The van der Waals surface area contributed by atoms with Crippen LogP contribution in [0.25, 0.3) is 0 Å². The Kier molecular flexibility index (Phi) is 4.08. The zero-order valence-corrected chi connectivity index (χ0v) is 11.8. The Morgan fingerprint density at radius 3 is 2.75 bits per heavy atom. The molecule has 0 radical (unpaired) electrons. The summed E-state index contributed by atoms with van der Waals surface area (Å²) < 4.78 is 5.46. The van der Waals surface area contributed by atoms with E-state index < -0.39 is 0 Å². The molecule has 0 amide bonds. The second-order valence-electron chi connectivity index (χ2n) is 4.14. The molecule has 0 saturated heterocycles. The second kappa shape index (κ2) is 5.78. The van der Waals surface area contributed by atoms with E-state index in [2.05, 4.69) is 19.9 Å². The number of nitrogens with one attached hydrogen (secondary N) is 1. The van der Waals surface area contributed by atoms with Crippen molar-refractivity contribution in [2.75, 3.05) is 11.5 Å². The molecule has 2 rings (SSSR count). The highest BCUT2D eigenvalue weighted by Crippen LogP contribution is 2.32. The fourth-order valence-electron chi connectivity index (χ4n) is 1.36. The maximum Gasteiger partial charge on any atom is 0.253 e. The molecule has 2 aromatic rings. The Morgan fingerprint density at radius 2 is 2.10 bits per heavy atom. The maximum atomic E-state index is 11.3. The fraction of sp³-hybridized carbons (Fsp3) is 0.273. The van der Waals surface area contributed by atoms with Gasteiger partial charge in [0.1, 0.15) is 22.9 Å². The van der Waals surface area contributed by atoms with E-state index in [0.717, 1.165) is 11.8 Å². The summed E-state index contributed by atoms with van der Waals surface area (Å²) in [7, 11) is 0. The molecule has 106 valence electrons. The van der Waals surface area contributed by atoms with Gasteiger partial charge in [-0.05, 0) is 25.6 Å². The first-order valence-electron chi connectivity index (χ1n) is 5.77. The van der Waals surface area contributed by atoms with Crippen LogP contribution in [0.2, 0.25) is 0 Å². The molecule has 0 aromatic carbocycles. The Morgan fingerprint density at radius 1 is 1.35 bits per heavy atom. The van der Waals surface area contributed by atoms with Gasteiger partial charge in [0.15, 0.2) is 5.16 Å². The topological polar surface area (TPSA) is 133 Å². The van der Waals surface area contributed by atoms with Crippen LogP contribution in [0.15, 0.2) is 27.4 Å². The Hall–Kier alpha value is -2.29. The van der Waals surface area contributed by atoms with E-state index in [-0.39, 0.29) is 23.2 Å². The van der Waals surface area contributed by atoms with Gasteiger partial charge in [0.25, 0.3) is 5.56 Å². The van der Waals surface area contributed by atoms with Gasteiger partial charge in [-0.1, -0.05) is 0 Å². The molecular weight excluding hydrogens is 280 g/mol. The number of nitrogens with zero attached hydrogens (tertiary/aromatic N) is 3. The van der Waals surface area contributed by atoms with E-state index in [9.17, 15) is 4.79 Å². The van der Waals surface area contributed by atoms with Crippen molar-refractivity contribution in [1.29, 1.82) is 0 Å². The van der Waals surface area contributed by atoms with Crippen molar-refractivity contribution in [3.05, 3.63) is 22.7 Å². The monoisotopic (exact) mass is 294 g/mol. The minimum absolute atomic E-state index is 0.0599. The lowest BCUT2D eigenvalue weighted by atomic mass is 10.4. The average Bonchev–Trinajstić information content (AvgIpc) is 2.32. The molecule has 5 N–H and O–H groups in total. The van der Waals surface area contributed by atoms with Gasteiger partial charge in [0.2, 0.25) is 5.88 Å². The Labute approximate surface area is 119 Å². The van der Waals surface area contributed by atoms with Gasteiger partial charge >= 0.3 is 0 Å². The van der Waals surface area contributed by atoms with Crippen LogP contribution in [0.4, 0.5) is 11.5 Å². The first-order chi connectivity index (χ1) is 9.45. The van der Waals surface area contributed by atoms with Crippen molar-refractivity contribution in [1.82, 2.24) is 19.9 Å². The number of ether oxygens (including phenoxy) is 1. The maximum absolute atomic E-state index is 11.3. The van der Waals surface area contributed by atoms with E-state index in [4.69, 9.17) is 16.2 Å². The zero-order valence-electron chi connectivity index (χ0n) is 11.0. The zero-order chi connectivity index (χ0) is 14.7. The molecule has 0 spiro atoms. The Balaban J connectivity index is 2.31. The smallest absolute Gasteiger partial charge is 0.253 e. The molecule has 0 saturated carbocycles. The predicted octanol–water partition coefficient (Wildman–Crippen LogP) is 0.663. The van der Waals surface area contributed by atoms with Gasteiger partial charge in [-0.15, -0.1) is 0 Å². The number of hydrogen-bond acceptors (Lipinski definition) is 8. The van der Waals surface area contributed by atoms with Crippen molar-refractivity contribution in [3.8, 4) is 5.88 Å². The third-order valence-corrected chi connectivity index (χ3v) is 3.00. The molecule has 2 aromatic heterocycles. The molecule has 0 bridgehead atoms. The molecule has 0 unspecified atom stereocenters. The van der Waals surface area contributed by atoms with Gasteiger partial charge in [0.05, 0.1) is 6.10 Å². The summed E-state index contributed by atoms with van der Waals surface area (Å²) in [5.74, 6) is 0.422. The van der Waals surface area contributed by atoms with E-state index in [0.29, 0.717) is 16.1 Å². The molecular formula is C11H14N6O2S. The number of hydrogen-bond donors (Lipinski definition) is 3. The van der Waals surface area contributed by atoms with E-state index in [1.54, 1.807) is 0 Å². The number of anilines is 2. The number of aromatic amines is 1. The lowest BCUT2D eigenvalue weighted by molar-refractivity contribution is 0.233. The van der Waals surface area contributed by atoms with Gasteiger partial charge in [-0.3, -0.25) is 4.79 Å². The van der Waals surface area contributed by atoms with Crippen molar-refractivity contribution in [2.45, 2.75) is 30.1 Å². The summed E-state index contributed by atoms with van der Waals surface area (Å²) in [6.07, 6.45) is 1.27. The number of nitrogens with two attached hydrogens (primary N) is 2. The second-order valence-corrected chi connectivity index (χ2v) is 5.12. The standard InChI is InChI=1S/C11H14N6O2S/c1-5(2)19-9-8(13)10(15-4-14-9)20-11-16-6(12)3-7(18)17-11/h3-5H,13H2,1-2H3,(H3,12,16,17,18). The first-order valence-corrected chi connectivity index (χ1v) is 6.59. The van der Waals surface area contributed by atoms with E-state index in [1.165, 1.54) is 12.4 Å². The minimum Gasteiger partial charge on any atom is -0.473 e. The van der Waals surface area contributed by atoms with Crippen LogP contribution in [0, 0.1) is 0 Å². The molecule has 0 fully saturated rings. The largest absolute Gasteiger partial charge is 0.473 e. The Bertz CT molecular complexity index is 672. The SMILES string of the molecule is CC(C)Oc1ncnc(Sc2nc(N)cc(=O)[nH]2)c1N. The molecule has 0 aliphatic rings. The normalized spacial score (nSPS) is 10.8. The highest BCUT2D eigenvalue weighted by Gasteiger charge is 2.13. The highest BCUT2D eigenvalue weighted by molar-refractivity contribution is 7.99. The molecule has 0 aliphatic heterocycles. The van der Waals surface area contributed by atoms with Crippen molar-refractivity contribution < 1.29 is 4.74 Å². The number of H-pyrrole nitrogens is 1. The summed E-state index contributed by atoms with van der Waals surface area (Å²) in [6, 6.07) is 1.20. The van der Waals surface area contributed by atoms with Crippen LogP contribution in [-0.4, -0.2) is 26.0 Å². The molecule has 0 aliphatic carbocycles. The molecule has 20 heavy (non-hydrogen) atoms. The molecule has 9 heteroatoms. The van der Waals surface area contributed by atoms with Crippen LogP contribution >= 0.6 is 11.8 Å². The molecule has 8 nitrogen and oxygen atoms in total. The van der Waals surface area contributed by atoms with E-state index in [1.807, 2.05) is 13.8 Å². The van der Waals surface area contributed by atoms with Gasteiger partial charge in [0, 0.05) is 6.07 Å². The third kappa shape index (κ3) is 3.38. The van der Waals surface area contributed by atoms with E-state index >= 15 is 0 Å². The van der Waals surface area contributed by atoms with Gasteiger partial charge in [-0.2, -0.15) is 4.98 Å². The molecule has 2 heterocycles. The quantitative estimate of drug-likeness (QED) is 0.553. The first kappa shape index (κ1) is 14.1. The number of rotatable bonds is 4. The summed E-state index contributed by atoms with van der Waals surface area (Å²) >= 11 is 1.08. The van der Waals surface area contributed by atoms with Gasteiger partial charge in [-0.25, -0.2) is 9.97 Å². The number of nitrogen functional groups attached to an aromatic ring is 2.